The molecule has 2 saturated heterocycles. The maximum Gasteiger partial charge on any atom is 0.244 e. The smallest absolute Gasteiger partial charge is 0.244 e. The molecule has 1 aromatic rings. The molecule has 1 aromatic carbocycles. The van der Waals surface area contributed by atoms with Crippen LogP contribution in [0.25, 0.3) is 0 Å². The number of rotatable bonds is 3. The first kappa shape index (κ1) is 12.6. The van der Waals surface area contributed by atoms with Crippen LogP contribution >= 0.6 is 0 Å². The van der Waals surface area contributed by atoms with E-state index in [2.05, 4.69) is 0 Å². The van der Waals surface area contributed by atoms with Crippen molar-refractivity contribution in [3.8, 4) is 0 Å². The summed E-state index contributed by atoms with van der Waals surface area (Å²) in [7, 11) is -3.79. The van der Waals surface area contributed by atoms with Crippen LogP contribution in [0.2, 0.25) is 0 Å². The third kappa shape index (κ3) is 1.76. The Hall–Kier alpha value is -1.47. The van der Waals surface area contributed by atoms with Crippen LogP contribution < -0.4 is 5.73 Å². The number of benzene rings is 1. The predicted octanol–water partition coefficient (Wildman–Crippen LogP) is 0.463. The molecule has 1 saturated carbocycles. The lowest BCUT2D eigenvalue weighted by molar-refractivity contribution is -0.121. The largest absolute Gasteiger partial charge is 0.368 e. The van der Waals surface area contributed by atoms with Crippen molar-refractivity contribution < 1.29 is 17.6 Å². The van der Waals surface area contributed by atoms with Crippen molar-refractivity contribution >= 4 is 15.9 Å². The molecular formula is C12H13FN2O3S. The molecule has 3 fully saturated rings. The van der Waals surface area contributed by atoms with Gasteiger partial charge in [-0.3, -0.25) is 4.79 Å². The first-order chi connectivity index (χ1) is 8.91. The Morgan fingerprint density at radius 1 is 1.26 bits per heavy atom. The lowest BCUT2D eigenvalue weighted by Crippen LogP contribution is -2.44. The third-order valence-electron chi connectivity index (χ3n) is 3.91. The quantitative estimate of drug-likeness (QED) is 0.875. The molecule has 2 aliphatic heterocycles. The van der Waals surface area contributed by atoms with E-state index in [-0.39, 0.29) is 16.9 Å². The molecule has 2 bridgehead atoms. The number of amides is 1. The zero-order valence-corrected chi connectivity index (χ0v) is 10.8. The Morgan fingerprint density at radius 2 is 1.84 bits per heavy atom. The average molecular weight is 284 g/mol. The second-order valence-corrected chi connectivity index (χ2v) is 6.86. The molecule has 0 spiro atoms. The van der Waals surface area contributed by atoms with Gasteiger partial charge in [0.05, 0.1) is 4.90 Å². The van der Waals surface area contributed by atoms with Gasteiger partial charge in [-0.05, 0) is 43.0 Å². The Balaban J connectivity index is 2.01. The number of primary amides is 1. The Morgan fingerprint density at radius 3 is 2.37 bits per heavy atom. The number of carbonyl (C=O) groups excluding carboxylic acids is 1. The molecule has 1 amide bonds. The Kier molecular flexibility index (Phi) is 2.65. The SMILES string of the molecule is NC(=O)C1C2CC(C2)N1S(=O)(=O)c1ccc(F)cc1. The Labute approximate surface area is 110 Å². The minimum Gasteiger partial charge on any atom is -0.368 e. The van der Waals surface area contributed by atoms with Gasteiger partial charge in [-0.25, -0.2) is 12.8 Å². The zero-order valence-electron chi connectivity index (χ0n) is 9.99. The lowest BCUT2D eigenvalue weighted by atomic mass is 9.83. The first-order valence-corrected chi connectivity index (χ1v) is 7.43. The number of sulfonamides is 1. The van der Waals surface area contributed by atoms with Crippen molar-refractivity contribution in [1.29, 1.82) is 0 Å². The molecule has 3 aliphatic rings. The summed E-state index contributed by atoms with van der Waals surface area (Å²) < 4.78 is 39.0. The third-order valence-corrected chi connectivity index (χ3v) is 5.86. The highest BCUT2D eigenvalue weighted by Crippen LogP contribution is 2.48. The van der Waals surface area contributed by atoms with Crippen LogP contribution in [0.4, 0.5) is 4.39 Å². The summed E-state index contributed by atoms with van der Waals surface area (Å²) >= 11 is 0. The molecule has 1 atom stereocenters. The van der Waals surface area contributed by atoms with Gasteiger partial charge in [0.15, 0.2) is 0 Å². The fourth-order valence-corrected chi connectivity index (χ4v) is 4.83. The van der Waals surface area contributed by atoms with Gasteiger partial charge in [0, 0.05) is 6.04 Å². The molecule has 0 aromatic heterocycles. The van der Waals surface area contributed by atoms with Crippen LogP contribution in [0.1, 0.15) is 12.8 Å². The maximum atomic E-state index is 12.9. The van der Waals surface area contributed by atoms with E-state index in [4.69, 9.17) is 5.73 Å². The first-order valence-electron chi connectivity index (χ1n) is 5.99. The van der Waals surface area contributed by atoms with Crippen molar-refractivity contribution in [2.45, 2.75) is 29.8 Å². The highest BCUT2D eigenvalue weighted by molar-refractivity contribution is 7.89. The summed E-state index contributed by atoms with van der Waals surface area (Å²) in [6.45, 7) is 0. The van der Waals surface area contributed by atoms with E-state index >= 15 is 0 Å². The van der Waals surface area contributed by atoms with Gasteiger partial charge >= 0.3 is 0 Å². The molecule has 0 radical (unpaired) electrons. The van der Waals surface area contributed by atoms with E-state index in [1.54, 1.807) is 0 Å². The van der Waals surface area contributed by atoms with E-state index in [1.807, 2.05) is 0 Å². The van der Waals surface area contributed by atoms with Crippen molar-refractivity contribution in [3.05, 3.63) is 30.1 Å². The standard InChI is InChI=1S/C12H13FN2O3S/c13-8-1-3-10(4-2-8)19(17,18)15-9-5-7(6-9)11(15)12(14)16/h1-4,7,9,11H,5-6H2,(H2,14,16). The van der Waals surface area contributed by atoms with Gasteiger partial charge < -0.3 is 5.73 Å². The van der Waals surface area contributed by atoms with Crippen LogP contribution in [0.15, 0.2) is 29.2 Å². The maximum absolute atomic E-state index is 12.9. The van der Waals surface area contributed by atoms with Gasteiger partial charge in [-0.2, -0.15) is 4.31 Å². The van der Waals surface area contributed by atoms with E-state index < -0.39 is 27.8 Å². The molecule has 7 heteroatoms. The second-order valence-electron chi connectivity index (χ2n) is 5.02. The molecule has 102 valence electrons. The fourth-order valence-electron chi connectivity index (χ4n) is 2.96. The molecule has 2 heterocycles. The van der Waals surface area contributed by atoms with Gasteiger partial charge in [-0.1, -0.05) is 0 Å². The summed E-state index contributed by atoms with van der Waals surface area (Å²) in [5, 5.41) is 0. The van der Waals surface area contributed by atoms with Crippen LogP contribution in [0, 0.1) is 11.7 Å². The van der Waals surface area contributed by atoms with E-state index in [1.165, 1.54) is 16.4 Å². The number of hydrogen-bond acceptors (Lipinski definition) is 3. The van der Waals surface area contributed by atoms with E-state index in [9.17, 15) is 17.6 Å². The van der Waals surface area contributed by atoms with Crippen LogP contribution in [0.3, 0.4) is 0 Å². The zero-order chi connectivity index (χ0) is 13.8. The molecule has 1 unspecified atom stereocenters. The number of fused-ring (bicyclic) bond motifs is 1. The average Bonchev–Trinajstić information content (AvgIpc) is 2.84. The number of carbonyl (C=O) groups is 1. The van der Waals surface area contributed by atoms with Gasteiger partial charge in [0.1, 0.15) is 11.9 Å². The fraction of sp³-hybridized carbons (Fsp3) is 0.417. The van der Waals surface area contributed by atoms with Crippen molar-refractivity contribution in [2.24, 2.45) is 11.7 Å². The summed E-state index contributed by atoms with van der Waals surface area (Å²) in [6, 6.07) is 3.67. The van der Waals surface area contributed by atoms with Crippen molar-refractivity contribution in [1.82, 2.24) is 4.31 Å². The summed E-state index contributed by atoms with van der Waals surface area (Å²) in [4.78, 5) is 11.4. The topological polar surface area (TPSA) is 80.5 Å². The van der Waals surface area contributed by atoms with E-state index in [0.717, 1.165) is 12.1 Å². The van der Waals surface area contributed by atoms with Crippen molar-refractivity contribution in [2.75, 3.05) is 0 Å². The van der Waals surface area contributed by atoms with Crippen LogP contribution in [-0.2, 0) is 14.8 Å². The predicted molar refractivity (Wildman–Crippen MR) is 64.9 cm³/mol. The monoisotopic (exact) mass is 284 g/mol. The summed E-state index contributed by atoms with van der Waals surface area (Å²) in [5.74, 6) is -1.09. The summed E-state index contributed by atoms with van der Waals surface area (Å²) in [5.41, 5.74) is 5.30. The highest BCUT2D eigenvalue weighted by Gasteiger charge is 2.57. The number of nitrogens with two attached hydrogens (primary N) is 1. The molecule has 1 aliphatic carbocycles. The van der Waals surface area contributed by atoms with Crippen LogP contribution in [-0.4, -0.2) is 30.7 Å². The summed E-state index contributed by atoms with van der Waals surface area (Å²) in [6.07, 6.45) is 1.35. The Bertz CT molecular complexity index is 623. The molecule has 5 nitrogen and oxygen atoms in total. The van der Waals surface area contributed by atoms with Gasteiger partial charge in [-0.15, -0.1) is 0 Å². The highest BCUT2D eigenvalue weighted by atomic mass is 32.2. The molecule has 4 rings (SSSR count). The molecule has 2 N–H and O–H groups in total. The van der Waals surface area contributed by atoms with Gasteiger partial charge in [0.2, 0.25) is 15.9 Å². The minimum atomic E-state index is -3.79. The minimum absolute atomic E-state index is 0.00676. The molecular weight excluding hydrogens is 271 g/mol. The second kappa shape index (κ2) is 4.01. The number of hydrogen-bond donors (Lipinski definition) is 1. The number of nitrogens with zero attached hydrogens (tertiary/aromatic N) is 1. The van der Waals surface area contributed by atoms with Gasteiger partial charge in [0.25, 0.3) is 0 Å². The lowest BCUT2D eigenvalue weighted by Gasteiger charge is -2.25. The number of halogens is 1. The van der Waals surface area contributed by atoms with E-state index in [0.29, 0.717) is 12.8 Å². The molecule has 19 heavy (non-hydrogen) atoms. The van der Waals surface area contributed by atoms with Crippen molar-refractivity contribution in [3.63, 3.8) is 0 Å². The normalized spacial score (nSPS) is 30.1. The van der Waals surface area contributed by atoms with Crippen LogP contribution in [0.5, 0.6) is 0 Å².